The number of hydrogen-bond donors (Lipinski definition) is 0. The zero-order valence-corrected chi connectivity index (χ0v) is 14.7. The molecule has 3 aromatic rings. The lowest BCUT2D eigenvalue weighted by Crippen LogP contribution is -2.28. The van der Waals surface area contributed by atoms with Crippen molar-refractivity contribution in [3.05, 3.63) is 65.2 Å². The van der Waals surface area contributed by atoms with Crippen molar-refractivity contribution in [1.82, 2.24) is 24.5 Å². The molecule has 0 unspecified atom stereocenters. The summed E-state index contributed by atoms with van der Waals surface area (Å²) in [5, 5.41) is 8.87. The Bertz CT molecular complexity index is 840. The van der Waals surface area contributed by atoms with Gasteiger partial charge in [0.05, 0.1) is 23.5 Å². The molecule has 0 atom stereocenters. The van der Waals surface area contributed by atoms with Crippen LogP contribution in [0, 0.1) is 0 Å². The summed E-state index contributed by atoms with van der Waals surface area (Å²) in [5.41, 5.74) is 1.11. The molecule has 0 bridgehead atoms. The Balaban J connectivity index is 1.62. The quantitative estimate of drug-likeness (QED) is 0.678. The molecule has 3 rings (SSSR count). The monoisotopic (exact) mass is 359 g/mol. The minimum absolute atomic E-state index is 0.198. The number of rotatable bonds is 6. The summed E-state index contributed by atoms with van der Waals surface area (Å²) >= 11 is 6.09. The molecule has 1 amide bonds. The molecule has 0 fully saturated rings. The van der Waals surface area contributed by atoms with Crippen molar-refractivity contribution in [2.24, 2.45) is 7.05 Å². The number of hydrogen-bond acceptors (Lipinski definition) is 4. The van der Waals surface area contributed by atoms with E-state index < -0.39 is 0 Å². The van der Waals surface area contributed by atoms with Gasteiger partial charge in [-0.05, 0) is 18.2 Å². The zero-order chi connectivity index (χ0) is 17.8. The molecule has 8 heteroatoms. The van der Waals surface area contributed by atoms with Gasteiger partial charge >= 0.3 is 0 Å². The van der Waals surface area contributed by atoms with Gasteiger partial charge in [0.25, 0.3) is 5.91 Å². The van der Waals surface area contributed by atoms with Crippen molar-refractivity contribution >= 4 is 17.5 Å². The fraction of sp³-hybridized carbons (Fsp3) is 0.235. The fourth-order valence-electron chi connectivity index (χ4n) is 2.31. The third-order valence-corrected chi connectivity index (χ3v) is 4.03. The molecule has 1 aromatic carbocycles. The van der Waals surface area contributed by atoms with Crippen molar-refractivity contribution < 1.29 is 9.53 Å². The predicted octanol–water partition coefficient (Wildman–Crippen LogP) is 2.58. The van der Waals surface area contributed by atoms with Gasteiger partial charge in [-0.2, -0.15) is 10.2 Å². The van der Waals surface area contributed by atoms with E-state index in [4.69, 9.17) is 16.3 Å². The number of ether oxygens (including phenoxy) is 1. The van der Waals surface area contributed by atoms with Gasteiger partial charge in [-0.3, -0.25) is 9.48 Å². The van der Waals surface area contributed by atoms with Gasteiger partial charge in [-0.15, -0.1) is 0 Å². The standard InChI is InChI=1S/C17H18ClN5O2/c1-21(11-16-14(18)10-19-22(16)2)17(24)15-8-9-23(20-15)12-25-13-6-4-3-5-7-13/h3-10H,11-12H2,1-2H3. The number of aromatic nitrogens is 4. The highest BCUT2D eigenvalue weighted by Crippen LogP contribution is 2.16. The van der Waals surface area contributed by atoms with E-state index in [1.165, 1.54) is 0 Å². The number of halogens is 1. The number of para-hydroxylation sites is 1. The summed E-state index contributed by atoms with van der Waals surface area (Å²) < 4.78 is 8.83. The molecule has 0 N–H and O–H groups in total. The smallest absolute Gasteiger partial charge is 0.274 e. The van der Waals surface area contributed by atoms with Gasteiger partial charge in [-0.1, -0.05) is 29.8 Å². The first-order valence-electron chi connectivity index (χ1n) is 7.67. The number of carbonyl (C=O) groups is 1. The van der Waals surface area contributed by atoms with Crippen molar-refractivity contribution in [2.45, 2.75) is 13.3 Å². The van der Waals surface area contributed by atoms with E-state index in [0.29, 0.717) is 17.3 Å². The van der Waals surface area contributed by atoms with Crippen LogP contribution in [0.5, 0.6) is 5.75 Å². The molecule has 0 aliphatic carbocycles. The van der Waals surface area contributed by atoms with Crippen LogP contribution in [0.25, 0.3) is 0 Å². The first-order chi connectivity index (χ1) is 12.0. The van der Waals surface area contributed by atoms with E-state index in [0.717, 1.165) is 11.4 Å². The summed E-state index contributed by atoms with van der Waals surface area (Å²) in [7, 11) is 3.49. The first kappa shape index (κ1) is 17.0. The van der Waals surface area contributed by atoms with E-state index in [9.17, 15) is 4.79 Å². The molecule has 7 nitrogen and oxygen atoms in total. The van der Waals surface area contributed by atoms with Crippen molar-refractivity contribution in [3.63, 3.8) is 0 Å². The maximum absolute atomic E-state index is 12.5. The molecule has 0 aliphatic rings. The number of aryl methyl sites for hydroxylation is 1. The van der Waals surface area contributed by atoms with Crippen molar-refractivity contribution in [3.8, 4) is 5.75 Å². The Kier molecular flexibility index (Phi) is 5.04. The average molecular weight is 360 g/mol. The summed E-state index contributed by atoms with van der Waals surface area (Å²) in [4.78, 5) is 14.1. The van der Waals surface area contributed by atoms with Crippen LogP contribution in [-0.4, -0.2) is 37.4 Å². The Morgan fingerprint density at radius 2 is 2.04 bits per heavy atom. The molecule has 0 saturated heterocycles. The highest BCUT2D eigenvalue weighted by Gasteiger charge is 2.18. The van der Waals surface area contributed by atoms with E-state index in [1.54, 1.807) is 46.8 Å². The maximum atomic E-state index is 12.5. The van der Waals surface area contributed by atoms with Crippen LogP contribution < -0.4 is 4.74 Å². The topological polar surface area (TPSA) is 65.2 Å². The minimum Gasteiger partial charge on any atom is -0.471 e. The normalized spacial score (nSPS) is 10.7. The van der Waals surface area contributed by atoms with Crippen LogP contribution in [0.3, 0.4) is 0 Å². The molecular weight excluding hydrogens is 342 g/mol. The number of amides is 1. The fourth-order valence-corrected chi connectivity index (χ4v) is 2.54. The second-order valence-electron chi connectivity index (χ2n) is 5.55. The molecular formula is C17H18ClN5O2. The largest absolute Gasteiger partial charge is 0.471 e. The molecule has 0 aliphatic heterocycles. The highest BCUT2D eigenvalue weighted by atomic mass is 35.5. The molecule has 0 saturated carbocycles. The summed E-state index contributed by atoms with van der Waals surface area (Å²) in [6, 6.07) is 11.1. The molecule has 0 spiro atoms. The second kappa shape index (κ2) is 7.40. The molecule has 130 valence electrons. The van der Waals surface area contributed by atoms with Gasteiger partial charge in [0.15, 0.2) is 12.4 Å². The minimum atomic E-state index is -0.198. The lowest BCUT2D eigenvalue weighted by atomic mass is 10.3. The lowest BCUT2D eigenvalue weighted by molar-refractivity contribution is 0.0774. The summed E-state index contributed by atoms with van der Waals surface area (Å²) in [6.07, 6.45) is 3.27. The maximum Gasteiger partial charge on any atom is 0.274 e. The third-order valence-electron chi connectivity index (χ3n) is 3.71. The van der Waals surface area contributed by atoms with Crippen LogP contribution >= 0.6 is 11.6 Å². The Morgan fingerprint density at radius 3 is 2.72 bits per heavy atom. The Labute approximate surface area is 150 Å². The van der Waals surface area contributed by atoms with Crippen LogP contribution in [0.2, 0.25) is 5.02 Å². The highest BCUT2D eigenvalue weighted by molar-refractivity contribution is 6.31. The van der Waals surface area contributed by atoms with Gasteiger partial charge in [0.1, 0.15) is 5.75 Å². The molecule has 25 heavy (non-hydrogen) atoms. The molecule has 2 heterocycles. The van der Waals surface area contributed by atoms with Crippen LogP contribution in [0.15, 0.2) is 48.8 Å². The third kappa shape index (κ3) is 4.00. The van der Waals surface area contributed by atoms with Gasteiger partial charge in [0, 0.05) is 20.3 Å². The number of benzene rings is 1. The van der Waals surface area contributed by atoms with E-state index in [2.05, 4.69) is 10.2 Å². The molecule has 0 radical (unpaired) electrons. The van der Waals surface area contributed by atoms with Gasteiger partial charge in [0.2, 0.25) is 0 Å². The molecule has 2 aromatic heterocycles. The summed E-state index contributed by atoms with van der Waals surface area (Å²) in [5.74, 6) is 0.546. The van der Waals surface area contributed by atoms with Crippen LogP contribution in [0.4, 0.5) is 0 Å². The van der Waals surface area contributed by atoms with Crippen LogP contribution in [-0.2, 0) is 20.3 Å². The predicted molar refractivity (Wildman–Crippen MR) is 93.3 cm³/mol. The Hall–Kier alpha value is -2.80. The van der Waals surface area contributed by atoms with Crippen molar-refractivity contribution in [1.29, 1.82) is 0 Å². The second-order valence-corrected chi connectivity index (χ2v) is 5.96. The SMILES string of the molecule is CN(Cc1c(Cl)cnn1C)C(=O)c1ccn(COc2ccccc2)n1. The van der Waals surface area contributed by atoms with Gasteiger partial charge in [-0.25, -0.2) is 4.68 Å². The summed E-state index contributed by atoms with van der Waals surface area (Å²) in [6.45, 7) is 0.579. The van der Waals surface area contributed by atoms with Crippen molar-refractivity contribution in [2.75, 3.05) is 7.05 Å². The number of nitrogens with zero attached hydrogens (tertiary/aromatic N) is 5. The van der Waals surface area contributed by atoms with E-state index >= 15 is 0 Å². The van der Waals surface area contributed by atoms with Crippen LogP contribution in [0.1, 0.15) is 16.2 Å². The average Bonchev–Trinajstić information content (AvgIpc) is 3.22. The van der Waals surface area contributed by atoms with Gasteiger partial charge < -0.3 is 9.64 Å². The first-order valence-corrected chi connectivity index (χ1v) is 8.05. The lowest BCUT2D eigenvalue weighted by Gasteiger charge is -2.16. The van der Waals surface area contributed by atoms with E-state index in [1.807, 2.05) is 30.3 Å². The Morgan fingerprint density at radius 1 is 1.28 bits per heavy atom. The zero-order valence-electron chi connectivity index (χ0n) is 14.0. The van der Waals surface area contributed by atoms with E-state index in [-0.39, 0.29) is 12.6 Å². The number of carbonyl (C=O) groups excluding carboxylic acids is 1.